The second-order valence-corrected chi connectivity index (χ2v) is 5.57. The molecule has 7 heteroatoms. The fourth-order valence-corrected chi connectivity index (χ4v) is 2.45. The van der Waals surface area contributed by atoms with Gasteiger partial charge in [0.25, 0.3) is 5.91 Å². The van der Waals surface area contributed by atoms with Crippen LogP contribution in [0.5, 0.6) is 0 Å². The Morgan fingerprint density at radius 1 is 1.53 bits per heavy atom. The number of thiazole rings is 1. The summed E-state index contributed by atoms with van der Waals surface area (Å²) in [6.07, 6.45) is 0.801. The molecule has 0 aromatic carbocycles. The first-order valence-corrected chi connectivity index (χ1v) is 7.12. The van der Waals surface area contributed by atoms with Crippen LogP contribution in [0.2, 0.25) is 0 Å². The van der Waals surface area contributed by atoms with Crippen LogP contribution in [0.4, 0.5) is 10.9 Å². The molecule has 1 amide bonds. The second-order valence-electron chi connectivity index (χ2n) is 4.57. The highest BCUT2D eigenvalue weighted by Crippen LogP contribution is 2.25. The van der Waals surface area contributed by atoms with Gasteiger partial charge in [0.15, 0.2) is 5.13 Å². The van der Waals surface area contributed by atoms with Crippen LogP contribution in [-0.4, -0.2) is 36.7 Å². The van der Waals surface area contributed by atoms with Crippen molar-refractivity contribution in [2.45, 2.75) is 39.3 Å². The zero-order valence-corrected chi connectivity index (χ0v) is 12.6. The summed E-state index contributed by atoms with van der Waals surface area (Å²) in [5.74, 6) is 0.0635. The van der Waals surface area contributed by atoms with E-state index in [0.29, 0.717) is 16.6 Å². The Labute approximate surface area is 117 Å². The summed E-state index contributed by atoms with van der Waals surface area (Å²) in [5, 5.41) is 6.69. The Bertz CT molecular complexity index is 420. The van der Waals surface area contributed by atoms with Gasteiger partial charge in [0.05, 0.1) is 12.6 Å². The lowest BCUT2D eigenvalue weighted by atomic mass is 10.2. The monoisotopic (exact) mass is 286 g/mol. The van der Waals surface area contributed by atoms with Crippen LogP contribution in [0.15, 0.2) is 0 Å². The highest BCUT2D eigenvalue weighted by atomic mass is 32.1. The quantitative estimate of drug-likeness (QED) is 0.710. The zero-order valence-electron chi connectivity index (χ0n) is 11.8. The number of rotatable bonds is 7. The molecular formula is C12H22N4O2S. The fraction of sp³-hybridized carbons (Fsp3) is 0.667. The molecular weight excluding hydrogens is 264 g/mol. The molecule has 1 atom stereocenters. The summed E-state index contributed by atoms with van der Waals surface area (Å²) in [7, 11) is 1.61. The average Bonchev–Trinajstić information content (AvgIpc) is 2.68. The maximum absolute atomic E-state index is 12.1. The number of nitrogens with zero attached hydrogens (tertiary/aromatic N) is 1. The standard InChI is InChI=1S/C12H22N4O2S/c1-5-8(6-18-4)15-11(17)9-10(13)16-12(19-9)14-7(2)3/h7-8H,5-6,13H2,1-4H3,(H,14,16)(H,15,17). The molecule has 6 nitrogen and oxygen atoms in total. The molecule has 1 rings (SSSR count). The van der Waals surface area contributed by atoms with Crippen LogP contribution >= 0.6 is 11.3 Å². The SMILES string of the molecule is CCC(COC)NC(=O)c1sc(NC(C)C)nc1N. The molecule has 0 bridgehead atoms. The predicted octanol–water partition coefficient (Wildman–Crippen LogP) is 1.70. The van der Waals surface area contributed by atoms with Gasteiger partial charge in [0.2, 0.25) is 0 Å². The van der Waals surface area contributed by atoms with E-state index in [0.717, 1.165) is 6.42 Å². The number of hydrogen-bond acceptors (Lipinski definition) is 6. The Balaban J connectivity index is 2.73. The number of carbonyl (C=O) groups excluding carboxylic acids is 1. The molecule has 108 valence electrons. The number of nitrogens with two attached hydrogens (primary N) is 1. The summed E-state index contributed by atoms with van der Waals surface area (Å²) < 4.78 is 5.05. The second kappa shape index (κ2) is 7.30. The number of anilines is 2. The number of aromatic nitrogens is 1. The lowest BCUT2D eigenvalue weighted by Gasteiger charge is -2.15. The van der Waals surface area contributed by atoms with Crippen LogP contribution < -0.4 is 16.4 Å². The number of amides is 1. The van der Waals surface area contributed by atoms with E-state index in [1.807, 2.05) is 20.8 Å². The lowest BCUT2D eigenvalue weighted by Crippen LogP contribution is -2.37. The Kier molecular flexibility index (Phi) is 6.04. The van der Waals surface area contributed by atoms with Crippen molar-refractivity contribution >= 4 is 28.2 Å². The van der Waals surface area contributed by atoms with Crippen LogP contribution in [0.25, 0.3) is 0 Å². The molecule has 0 aliphatic rings. The van der Waals surface area contributed by atoms with Crippen molar-refractivity contribution < 1.29 is 9.53 Å². The summed E-state index contributed by atoms with van der Waals surface area (Å²) in [6.45, 7) is 6.48. The molecule has 19 heavy (non-hydrogen) atoms. The molecule has 0 spiro atoms. The van der Waals surface area contributed by atoms with E-state index >= 15 is 0 Å². The molecule has 0 aliphatic heterocycles. The summed E-state index contributed by atoms with van der Waals surface area (Å²) >= 11 is 1.27. The van der Waals surface area contributed by atoms with E-state index < -0.39 is 0 Å². The average molecular weight is 286 g/mol. The van der Waals surface area contributed by atoms with E-state index in [1.165, 1.54) is 11.3 Å². The van der Waals surface area contributed by atoms with Crippen molar-refractivity contribution in [1.82, 2.24) is 10.3 Å². The minimum Gasteiger partial charge on any atom is -0.383 e. The third kappa shape index (κ3) is 4.68. The van der Waals surface area contributed by atoms with Gasteiger partial charge in [-0.05, 0) is 20.3 Å². The molecule has 4 N–H and O–H groups in total. The topological polar surface area (TPSA) is 89.3 Å². The minimum absolute atomic E-state index is 0.0134. The molecule has 0 saturated heterocycles. The van der Waals surface area contributed by atoms with E-state index in [2.05, 4.69) is 15.6 Å². The van der Waals surface area contributed by atoms with Gasteiger partial charge in [-0.25, -0.2) is 4.98 Å². The number of nitrogen functional groups attached to an aromatic ring is 1. The van der Waals surface area contributed by atoms with Crippen LogP contribution in [-0.2, 0) is 4.74 Å². The predicted molar refractivity (Wildman–Crippen MR) is 78.7 cm³/mol. The highest BCUT2D eigenvalue weighted by molar-refractivity contribution is 7.18. The molecule has 0 fully saturated rings. The van der Waals surface area contributed by atoms with Crippen molar-refractivity contribution in [2.75, 3.05) is 24.8 Å². The fourth-order valence-electron chi connectivity index (χ4n) is 1.52. The van der Waals surface area contributed by atoms with Gasteiger partial charge in [0, 0.05) is 13.2 Å². The van der Waals surface area contributed by atoms with Gasteiger partial charge >= 0.3 is 0 Å². The first kappa shape index (κ1) is 15.7. The minimum atomic E-state index is -0.198. The molecule has 1 heterocycles. The molecule has 0 radical (unpaired) electrons. The molecule has 1 aromatic rings. The van der Waals surface area contributed by atoms with E-state index in [1.54, 1.807) is 7.11 Å². The summed E-state index contributed by atoms with van der Waals surface area (Å²) in [4.78, 5) is 16.7. The van der Waals surface area contributed by atoms with Crippen molar-refractivity contribution in [3.05, 3.63) is 4.88 Å². The Morgan fingerprint density at radius 2 is 2.21 bits per heavy atom. The number of ether oxygens (including phenoxy) is 1. The molecule has 0 aliphatic carbocycles. The normalized spacial score (nSPS) is 12.5. The lowest BCUT2D eigenvalue weighted by molar-refractivity contribution is 0.0899. The van der Waals surface area contributed by atoms with Gasteiger partial charge in [0.1, 0.15) is 10.7 Å². The van der Waals surface area contributed by atoms with Crippen molar-refractivity contribution in [3.63, 3.8) is 0 Å². The van der Waals surface area contributed by atoms with Gasteiger partial charge in [-0.1, -0.05) is 18.3 Å². The molecule has 0 saturated carbocycles. The maximum Gasteiger partial charge on any atom is 0.265 e. The van der Waals surface area contributed by atoms with Crippen LogP contribution in [0.3, 0.4) is 0 Å². The van der Waals surface area contributed by atoms with Crippen molar-refractivity contribution in [3.8, 4) is 0 Å². The first-order valence-electron chi connectivity index (χ1n) is 6.30. The van der Waals surface area contributed by atoms with Crippen LogP contribution in [0.1, 0.15) is 36.9 Å². The van der Waals surface area contributed by atoms with Crippen molar-refractivity contribution in [1.29, 1.82) is 0 Å². The number of methoxy groups -OCH3 is 1. The third-order valence-corrected chi connectivity index (χ3v) is 3.47. The number of hydrogen-bond donors (Lipinski definition) is 3. The molecule has 1 aromatic heterocycles. The highest BCUT2D eigenvalue weighted by Gasteiger charge is 2.19. The Hall–Kier alpha value is -1.34. The zero-order chi connectivity index (χ0) is 14.4. The Morgan fingerprint density at radius 3 is 2.74 bits per heavy atom. The first-order chi connectivity index (χ1) is 8.97. The van der Waals surface area contributed by atoms with Crippen LogP contribution in [0, 0.1) is 0 Å². The van der Waals surface area contributed by atoms with E-state index in [4.69, 9.17) is 10.5 Å². The third-order valence-electron chi connectivity index (χ3n) is 2.47. The van der Waals surface area contributed by atoms with E-state index in [-0.39, 0.29) is 23.8 Å². The number of carbonyl (C=O) groups is 1. The van der Waals surface area contributed by atoms with Crippen molar-refractivity contribution in [2.24, 2.45) is 0 Å². The number of nitrogens with one attached hydrogen (secondary N) is 2. The summed E-state index contributed by atoms with van der Waals surface area (Å²) in [6, 6.07) is 0.235. The van der Waals surface area contributed by atoms with Gasteiger partial charge in [-0.15, -0.1) is 0 Å². The largest absolute Gasteiger partial charge is 0.383 e. The summed E-state index contributed by atoms with van der Waals surface area (Å²) in [5.41, 5.74) is 5.78. The van der Waals surface area contributed by atoms with Gasteiger partial charge in [-0.2, -0.15) is 0 Å². The van der Waals surface area contributed by atoms with Gasteiger partial charge < -0.3 is 21.1 Å². The van der Waals surface area contributed by atoms with E-state index in [9.17, 15) is 4.79 Å². The molecule has 1 unspecified atom stereocenters. The van der Waals surface area contributed by atoms with Gasteiger partial charge in [-0.3, -0.25) is 4.79 Å². The maximum atomic E-state index is 12.1. The smallest absolute Gasteiger partial charge is 0.265 e.